The second-order valence-corrected chi connectivity index (χ2v) is 5.38. The number of hydrogen-bond donors (Lipinski definition) is 1. The molecule has 1 aromatic carbocycles. The number of ether oxygens (including phenoxy) is 1. The summed E-state index contributed by atoms with van der Waals surface area (Å²) in [6, 6.07) is 10.6. The van der Waals surface area contributed by atoms with Gasteiger partial charge in [0, 0.05) is 23.7 Å². The third-order valence-electron chi connectivity index (χ3n) is 3.34. The Bertz CT molecular complexity index is 541. The van der Waals surface area contributed by atoms with E-state index in [1.165, 1.54) is 0 Å². The number of hydrogen-bond acceptors (Lipinski definition) is 3. The van der Waals surface area contributed by atoms with Gasteiger partial charge in [0.15, 0.2) is 0 Å². The van der Waals surface area contributed by atoms with E-state index < -0.39 is 0 Å². The van der Waals surface area contributed by atoms with Crippen LogP contribution in [-0.4, -0.2) is 23.7 Å². The van der Waals surface area contributed by atoms with Crippen molar-refractivity contribution in [3.8, 4) is 5.75 Å². The molecule has 3 nitrogen and oxygen atoms in total. The van der Waals surface area contributed by atoms with Crippen molar-refractivity contribution in [1.82, 2.24) is 10.3 Å². The predicted molar refractivity (Wildman–Crippen MR) is 84.2 cm³/mol. The summed E-state index contributed by atoms with van der Waals surface area (Å²) in [7, 11) is 0. The Labute approximate surface area is 121 Å². The molecule has 1 aromatic heterocycles. The maximum absolute atomic E-state index is 5.99. The van der Waals surface area contributed by atoms with Crippen LogP contribution in [0.3, 0.4) is 0 Å². The first kappa shape index (κ1) is 14.8. The summed E-state index contributed by atoms with van der Waals surface area (Å²) in [4.78, 5) is 4.36. The van der Waals surface area contributed by atoms with Crippen LogP contribution in [-0.2, 0) is 0 Å². The predicted octanol–water partition coefficient (Wildman–Crippen LogP) is 3.78. The number of benzene rings is 1. The first-order valence-corrected chi connectivity index (χ1v) is 7.44. The lowest BCUT2D eigenvalue weighted by atomic mass is 10.1. The molecule has 3 heteroatoms. The van der Waals surface area contributed by atoms with E-state index in [9.17, 15) is 0 Å². The van der Waals surface area contributed by atoms with Gasteiger partial charge in [-0.15, -0.1) is 0 Å². The van der Waals surface area contributed by atoms with Crippen molar-refractivity contribution < 1.29 is 4.74 Å². The highest BCUT2D eigenvalue weighted by atomic mass is 16.5. The average Bonchev–Trinajstić information content (AvgIpc) is 2.44. The molecular weight excluding hydrogens is 248 g/mol. The van der Waals surface area contributed by atoms with Crippen LogP contribution in [0.4, 0.5) is 0 Å². The van der Waals surface area contributed by atoms with E-state index in [-0.39, 0.29) is 6.10 Å². The third-order valence-corrected chi connectivity index (χ3v) is 3.34. The quantitative estimate of drug-likeness (QED) is 0.833. The van der Waals surface area contributed by atoms with Gasteiger partial charge in [-0.05, 0) is 51.4 Å². The molecule has 2 rings (SSSR count). The SMILES string of the molecule is CCCNC(C)CC(C)Oc1ccc2cccnc2c1. The Morgan fingerprint density at radius 3 is 2.90 bits per heavy atom. The molecule has 0 saturated heterocycles. The van der Waals surface area contributed by atoms with Gasteiger partial charge < -0.3 is 10.1 Å². The minimum absolute atomic E-state index is 0.190. The average molecular weight is 272 g/mol. The number of pyridine rings is 1. The van der Waals surface area contributed by atoms with E-state index >= 15 is 0 Å². The molecule has 0 saturated carbocycles. The standard InChI is InChI=1S/C17H24N2O/c1-4-9-18-13(2)11-14(3)20-16-8-7-15-6-5-10-19-17(15)12-16/h5-8,10,12-14,18H,4,9,11H2,1-3H3. The van der Waals surface area contributed by atoms with Gasteiger partial charge >= 0.3 is 0 Å². The van der Waals surface area contributed by atoms with Crippen LogP contribution in [0.15, 0.2) is 36.5 Å². The van der Waals surface area contributed by atoms with Gasteiger partial charge in [0.25, 0.3) is 0 Å². The topological polar surface area (TPSA) is 34.1 Å². The summed E-state index contributed by atoms with van der Waals surface area (Å²) in [5.41, 5.74) is 0.981. The number of fused-ring (bicyclic) bond motifs is 1. The summed E-state index contributed by atoms with van der Waals surface area (Å²) in [5, 5.41) is 4.63. The minimum atomic E-state index is 0.190. The van der Waals surface area contributed by atoms with Crippen LogP contribution < -0.4 is 10.1 Å². The maximum atomic E-state index is 5.99. The molecule has 2 atom stereocenters. The Morgan fingerprint density at radius 1 is 1.25 bits per heavy atom. The van der Waals surface area contributed by atoms with Crippen LogP contribution in [0, 0.1) is 0 Å². The summed E-state index contributed by atoms with van der Waals surface area (Å²) >= 11 is 0. The lowest BCUT2D eigenvalue weighted by Gasteiger charge is -2.20. The van der Waals surface area contributed by atoms with Gasteiger partial charge in [0.1, 0.15) is 5.75 Å². The van der Waals surface area contributed by atoms with Crippen LogP contribution >= 0.6 is 0 Å². The van der Waals surface area contributed by atoms with Gasteiger partial charge in [-0.1, -0.05) is 13.0 Å². The number of nitrogens with one attached hydrogen (secondary N) is 1. The van der Waals surface area contributed by atoms with Crippen LogP contribution in [0.2, 0.25) is 0 Å². The van der Waals surface area contributed by atoms with Crippen LogP contribution in [0.25, 0.3) is 10.9 Å². The first-order chi connectivity index (χ1) is 9.69. The van der Waals surface area contributed by atoms with Crippen molar-refractivity contribution in [2.45, 2.75) is 45.8 Å². The third kappa shape index (κ3) is 4.20. The number of nitrogens with zero attached hydrogens (tertiary/aromatic N) is 1. The van der Waals surface area contributed by atoms with Gasteiger partial charge in [-0.25, -0.2) is 0 Å². The Hall–Kier alpha value is -1.61. The summed E-state index contributed by atoms with van der Waals surface area (Å²) in [6.45, 7) is 7.57. The molecule has 2 unspecified atom stereocenters. The zero-order chi connectivity index (χ0) is 14.4. The summed E-state index contributed by atoms with van der Waals surface area (Å²) < 4.78 is 5.99. The lowest BCUT2D eigenvalue weighted by Crippen LogP contribution is -2.31. The molecule has 0 spiro atoms. The first-order valence-electron chi connectivity index (χ1n) is 7.44. The van der Waals surface area contributed by atoms with Crippen molar-refractivity contribution in [3.63, 3.8) is 0 Å². The largest absolute Gasteiger partial charge is 0.491 e. The molecule has 0 radical (unpaired) electrons. The molecule has 1 heterocycles. The highest BCUT2D eigenvalue weighted by molar-refractivity contribution is 5.79. The van der Waals surface area contributed by atoms with E-state index in [1.807, 2.05) is 24.4 Å². The van der Waals surface area contributed by atoms with Crippen molar-refractivity contribution in [2.24, 2.45) is 0 Å². The molecule has 108 valence electrons. The van der Waals surface area contributed by atoms with Gasteiger partial charge in [0.2, 0.25) is 0 Å². The van der Waals surface area contributed by atoms with Crippen molar-refractivity contribution in [2.75, 3.05) is 6.54 Å². The maximum Gasteiger partial charge on any atom is 0.121 e. The fraction of sp³-hybridized carbons (Fsp3) is 0.471. The Kier molecular flexibility index (Phi) is 5.36. The molecule has 1 N–H and O–H groups in total. The zero-order valence-corrected chi connectivity index (χ0v) is 12.6. The Morgan fingerprint density at radius 2 is 2.10 bits per heavy atom. The normalized spacial score (nSPS) is 14.2. The van der Waals surface area contributed by atoms with Crippen molar-refractivity contribution in [3.05, 3.63) is 36.5 Å². The summed E-state index contributed by atoms with van der Waals surface area (Å²) in [5.74, 6) is 0.895. The lowest BCUT2D eigenvalue weighted by molar-refractivity contribution is 0.196. The van der Waals surface area contributed by atoms with E-state index in [2.05, 4.69) is 43.2 Å². The van der Waals surface area contributed by atoms with E-state index in [0.717, 1.165) is 36.0 Å². The smallest absolute Gasteiger partial charge is 0.121 e. The molecular formula is C17H24N2O. The van der Waals surface area contributed by atoms with Crippen LogP contribution in [0.1, 0.15) is 33.6 Å². The zero-order valence-electron chi connectivity index (χ0n) is 12.6. The molecule has 0 aliphatic rings. The minimum Gasteiger partial charge on any atom is -0.491 e. The van der Waals surface area contributed by atoms with Crippen molar-refractivity contribution >= 4 is 10.9 Å². The number of aromatic nitrogens is 1. The molecule has 20 heavy (non-hydrogen) atoms. The molecule has 0 bridgehead atoms. The highest BCUT2D eigenvalue weighted by Gasteiger charge is 2.10. The molecule has 0 amide bonds. The number of rotatable bonds is 7. The van der Waals surface area contributed by atoms with E-state index in [4.69, 9.17) is 4.74 Å². The van der Waals surface area contributed by atoms with Crippen molar-refractivity contribution in [1.29, 1.82) is 0 Å². The fourth-order valence-electron chi connectivity index (χ4n) is 2.37. The van der Waals surface area contributed by atoms with Crippen LogP contribution in [0.5, 0.6) is 5.75 Å². The highest BCUT2D eigenvalue weighted by Crippen LogP contribution is 2.20. The molecule has 0 aliphatic heterocycles. The molecule has 2 aromatic rings. The van der Waals surface area contributed by atoms with Gasteiger partial charge in [0.05, 0.1) is 11.6 Å². The van der Waals surface area contributed by atoms with Gasteiger partial charge in [-0.3, -0.25) is 4.98 Å². The Balaban J connectivity index is 1.93. The second kappa shape index (κ2) is 7.25. The molecule has 0 aliphatic carbocycles. The van der Waals surface area contributed by atoms with E-state index in [0.29, 0.717) is 6.04 Å². The monoisotopic (exact) mass is 272 g/mol. The fourth-order valence-corrected chi connectivity index (χ4v) is 2.37. The second-order valence-electron chi connectivity index (χ2n) is 5.38. The van der Waals surface area contributed by atoms with Gasteiger partial charge in [-0.2, -0.15) is 0 Å². The summed E-state index contributed by atoms with van der Waals surface area (Å²) in [6.07, 6.45) is 4.16. The molecule has 0 fully saturated rings. The van der Waals surface area contributed by atoms with E-state index in [1.54, 1.807) is 0 Å².